The SMILES string of the molecule is CCCCCCCCCCCCCc1ccc(C(=S)C=Cc2cccc(CC)c2)cc1. The predicted molar refractivity (Wildman–Crippen MR) is 143 cm³/mol. The van der Waals surface area contributed by atoms with Crippen molar-refractivity contribution < 1.29 is 0 Å². The van der Waals surface area contributed by atoms with Crippen LogP contribution in [0.1, 0.15) is 107 Å². The Morgan fingerprint density at radius 2 is 1.32 bits per heavy atom. The number of aryl methyl sites for hydroxylation is 2. The summed E-state index contributed by atoms with van der Waals surface area (Å²) >= 11 is 5.62. The number of rotatable bonds is 16. The molecule has 0 fully saturated rings. The van der Waals surface area contributed by atoms with Crippen LogP contribution in [0.2, 0.25) is 0 Å². The summed E-state index contributed by atoms with van der Waals surface area (Å²) in [5.41, 5.74) is 5.15. The van der Waals surface area contributed by atoms with E-state index >= 15 is 0 Å². The second-order valence-electron chi connectivity index (χ2n) is 8.78. The monoisotopic (exact) mass is 434 g/mol. The highest BCUT2D eigenvalue weighted by atomic mass is 32.1. The second-order valence-corrected chi connectivity index (χ2v) is 9.22. The molecule has 0 N–H and O–H groups in total. The van der Waals surface area contributed by atoms with Gasteiger partial charge in [-0.05, 0) is 47.6 Å². The van der Waals surface area contributed by atoms with Crippen molar-refractivity contribution in [2.24, 2.45) is 0 Å². The molecule has 0 bridgehead atoms. The predicted octanol–water partition coefficient (Wildman–Crippen LogP) is 9.53. The van der Waals surface area contributed by atoms with Crippen molar-refractivity contribution in [3.05, 3.63) is 76.9 Å². The van der Waals surface area contributed by atoms with Crippen LogP contribution in [0.15, 0.2) is 54.6 Å². The molecular formula is C30H42S. The lowest BCUT2D eigenvalue weighted by atomic mass is 10.0. The lowest BCUT2D eigenvalue weighted by Crippen LogP contribution is -1.94. The molecule has 0 heterocycles. The van der Waals surface area contributed by atoms with E-state index in [0.29, 0.717) is 0 Å². The van der Waals surface area contributed by atoms with Gasteiger partial charge in [0.1, 0.15) is 0 Å². The average molecular weight is 435 g/mol. The molecular weight excluding hydrogens is 392 g/mol. The minimum atomic E-state index is 0.906. The molecule has 0 saturated heterocycles. The maximum absolute atomic E-state index is 5.62. The first-order chi connectivity index (χ1) is 15.2. The van der Waals surface area contributed by atoms with Gasteiger partial charge in [0.05, 0.1) is 0 Å². The van der Waals surface area contributed by atoms with Crippen LogP contribution in [0.5, 0.6) is 0 Å². The number of thiocarbonyl (C=S) groups is 1. The Kier molecular flexibility index (Phi) is 13.2. The van der Waals surface area contributed by atoms with Crippen LogP contribution in [0, 0.1) is 0 Å². The fourth-order valence-electron chi connectivity index (χ4n) is 4.01. The Morgan fingerprint density at radius 1 is 0.710 bits per heavy atom. The smallest absolute Gasteiger partial charge is 0.0449 e. The van der Waals surface area contributed by atoms with E-state index in [1.807, 2.05) is 0 Å². The second kappa shape index (κ2) is 16.0. The zero-order valence-electron chi connectivity index (χ0n) is 19.9. The standard InChI is InChI=1S/C30H42S/c1-3-5-6-7-8-9-10-11-12-13-14-16-27-19-22-29(23-20-27)30(31)24-21-28-18-15-17-26(4-2)25-28/h15,17-25H,3-14,16H2,1-2H3. The molecule has 2 aromatic carbocycles. The minimum Gasteiger partial charge on any atom is -0.0795 e. The molecule has 0 aliphatic heterocycles. The van der Waals surface area contributed by atoms with Gasteiger partial charge in [-0.2, -0.15) is 0 Å². The molecule has 0 atom stereocenters. The van der Waals surface area contributed by atoms with Gasteiger partial charge in [0, 0.05) is 4.86 Å². The zero-order valence-corrected chi connectivity index (χ0v) is 20.7. The Bertz CT molecular complexity index is 769. The van der Waals surface area contributed by atoms with Crippen LogP contribution in [-0.2, 0) is 12.8 Å². The number of allylic oxidation sites excluding steroid dienone is 1. The van der Waals surface area contributed by atoms with Crippen molar-refractivity contribution in [2.45, 2.75) is 97.3 Å². The molecule has 0 amide bonds. The lowest BCUT2D eigenvalue weighted by Gasteiger charge is -2.05. The number of hydrogen-bond acceptors (Lipinski definition) is 1. The van der Waals surface area contributed by atoms with Crippen LogP contribution in [0.3, 0.4) is 0 Å². The third-order valence-corrected chi connectivity index (χ3v) is 6.47. The zero-order chi connectivity index (χ0) is 22.2. The highest BCUT2D eigenvalue weighted by Gasteiger charge is 2.00. The normalized spacial score (nSPS) is 11.3. The third kappa shape index (κ3) is 10.9. The molecule has 31 heavy (non-hydrogen) atoms. The van der Waals surface area contributed by atoms with Gasteiger partial charge in [-0.1, -0.05) is 145 Å². The summed E-state index contributed by atoms with van der Waals surface area (Å²) in [6, 6.07) is 17.5. The van der Waals surface area contributed by atoms with Gasteiger partial charge < -0.3 is 0 Å². The molecule has 0 radical (unpaired) electrons. The molecule has 0 spiro atoms. The molecule has 0 aliphatic carbocycles. The third-order valence-electron chi connectivity index (χ3n) is 6.09. The fourth-order valence-corrected chi connectivity index (χ4v) is 4.22. The quantitative estimate of drug-likeness (QED) is 0.110. The first-order valence-corrected chi connectivity index (χ1v) is 13.0. The lowest BCUT2D eigenvalue weighted by molar-refractivity contribution is 0.549. The summed E-state index contributed by atoms with van der Waals surface area (Å²) in [5, 5.41) is 0. The van der Waals surface area contributed by atoms with Crippen molar-refractivity contribution in [1.29, 1.82) is 0 Å². The Morgan fingerprint density at radius 3 is 1.94 bits per heavy atom. The summed E-state index contributed by atoms with van der Waals surface area (Å²) < 4.78 is 0. The van der Waals surface area contributed by atoms with Gasteiger partial charge in [0.25, 0.3) is 0 Å². The summed E-state index contributed by atoms with van der Waals surface area (Å²) in [7, 11) is 0. The molecule has 0 saturated carbocycles. The van der Waals surface area contributed by atoms with Crippen LogP contribution in [-0.4, -0.2) is 4.86 Å². The van der Waals surface area contributed by atoms with Crippen LogP contribution >= 0.6 is 12.2 Å². The first kappa shape index (κ1) is 25.5. The van der Waals surface area contributed by atoms with E-state index in [2.05, 4.69) is 74.5 Å². The number of benzene rings is 2. The van der Waals surface area contributed by atoms with Crippen molar-refractivity contribution in [1.82, 2.24) is 0 Å². The summed E-state index contributed by atoms with van der Waals surface area (Å²) in [6.07, 6.45) is 21.8. The topological polar surface area (TPSA) is 0 Å². The van der Waals surface area contributed by atoms with Gasteiger partial charge in [0.15, 0.2) is 0 Å². The fraction of sp³-hybridized carbons (Fsp3) is 0.500. The Hall–Kier alpha value is -1.73. The van der Waals surface area contributed by atoms with Gasteiger partial charge in [-0.3, -0.25) is 0 Å². The minimum absolute atomic E-state index is 0.906. The maximum Gasteiger partial charge on any atom is 0.0449 e. The van der Waals surface area contributed by atoms with Crippen molar-refractivity contribution in [2.75, 3.05) is 0 Å². The largest absolute Gasteiger partial charge is 0.0795 e. The van der Waals surface area contributed by atoms with Gasteiger partial charge in [-0.25, -0.2) is 0 Å². The molecule has 0 aromatic heterocycles. The average Bonchev–Trinajstić information content (AvgIpc) is 2.81. The maximum atomic E-state index is 5.62. The van der Waals surface area contributed by atoms with Crippen LogP contribution in [0.4, 0.5) is 0 Å². The molecule has 0 aliphatic rings. The van der Waals surface area contributed by atoms with E-state index < -0.39 is 0 Å². The summed E-state index contributed by atoms with van der Waals surface area (Å²) in [4.78, 5) is 0.906. The van der Waals surface area contributed by atoms with Gasteiger partial charge in [0.2, 0.25) is 0 Å². The van der Waals surface area contributed by atoms with Gasteiger partial charge in [-0.15, -0.1) is 0 Å². The Labute approximate surface area is 197 Å². The Balaban J connectivity index is 1.62. The highest BCUT2D eigenvalue weighted by molar-refractivity contribution is 7.81. The highest BCUT2D eigenvalue weighted by Crippen LogP contribution is 2.15. The number of unbranched alkanes of at least 4 members (excludes halogenated alkanes) is 10. The van der Waals surface area contributed by atoms with Crippen molar-refractivity contribution in [3.63, 3.8) is 0 Å². The summed E-state index contributed by atoms with van der Waals surface area (Å²) in [6.45, 7) is 4.47. The first-order valence-electron chi connectivity index (χ1n) is 12.6. The molecule has 0 unspecified atom stereocenters. The summed E-state index contributed by atoms with van der Waals surface area (Å²) in [5.74, 6) is 0. The van der Waals surface area contributed by atoms with E-state index in [0.717, 1.165) is 16.8 Å². The van der Waals surface area contributed by atoms with Crippen LogP contribution < -0.4 is 0 Å². The van der Waals surface area contributed by atoms with E-state index in [-0.39, 0.29) is 0 Å². The van der Waals surface area contributed by atoms with E-state index in [9.17, 15) is 0 Å². The molecule has 0 nitrogen and oxygen atoms in total. The van der Waals surface area contributed by atoms with Gasteiger partial charge >= 0.3 is 0 Å². The molecule has 2 rings (SSSR count). The van der Waals surface area contributed by atoms with Crippen molar-refractivity contribution >= 4 is 23.2 Å². The van der Waals surface area contributed by atoms with E-state index in [1.54, 1.807) is 0 Å². The molecule has 2 aromatic rings. The van der Waals surface area contributed by atoms with Crippen LogP contribution in [0.25, 0.3) is 6.08 Å². The molecule has 1 heteroatoms. The van der Waals surface area contributed by atoms with E-state index in [1.165, 1.54) is 93.7 Å². The van der Waals surface area contributed by atoms with Crippen molar-refractivity contribution in [3.8, 4) is 0 Å². The number of hydrogen-bond donors (Lipinski definition) is 0. The van der Waals surface area contributed by atoms with E-state index in [4.69, 9.17) is 12.2 Å². The molecule has 168 valence electrons.